The standard InChI is InChI=1S/C45H46N4O3/c1-2-13-38(43(46)50)39(27-31-14-6-7-15-31)44(51)47-40-30-48(37-20-4-3-5-21-37)41-22-10-11-23-42(41)49(45(40)52)29-32-16-12-19-34(26-32)36-25-24-33-17-8-9-18-35(33)28-36/h2-5,8-12,16-26,28,31,38-40H,1,6-7,13-15,27,29-30H2,(H2,46,50)(H,47,51). The Labute approximate surface area is 306 Å². The molecule has 3 amide bonds. The maximum atomic E-state index is 14.9. The van der Waals surface area contributed by atoms with Crippen molar-refractivity contribution in [2.24, 2.45) is 23.5 Å². The molecular formula is C45H46N4O3. The molecule has 0 saturated heterocycles. The van der Waals surface area contributed by atoms with Crippen LogP contribution in [0.15, 0.2) is 134 Å². The number of hydrogen-bond donors (Lipinski definition) is 2. The predicted molar refractivity (Wildman–Crippen MR) is 210 cm³/mol. The number of amides is 3. The highest BCUT2D eigenvalue weighted by molar-refractivity contribution is 6.04. The van der Waals surface area contributed by atoms with Crippen molar-refractivity contribution in [1.29, 1.82) is 0 Å². The van der Waals surface area contributed by atoms with Gasteiger partial charge in [-0.15, -0.1) is 6.58 Å². The number of fused-ring (bicyclic) bond motifs is 2. The molecule has 5 aromatic carbocycles. The van der Waals surface area contributed by atoms with Crippen LogP contribution >= 0.6 is 0 Å². The van der Waals surface area contributed by atoms with Gasteiger partial charge >= 0.3 is 0 Å². The molecule has 1 heterocycles. The molecule has 7 rings (SSSR count). The van der Waals surface area contributed by atoms with E-state index in [1.54, 1.807) is 11.0 Å². The third-order valence-electron chi connectivity index (χ3n) is 10.8. The molecular weight excluding hydrogens is 645 g/mol. The fourth-order valence-electron chi connectivity index (χ4n) is 8.11. The highest BCUT2D eigenvalue weighted by Crippen LogP contribution is 2.39. The van der Waals surface area contributed by atoms with Gasteiger partial charge in [-0.05, 0) is 82.6 Å². The van der Waals surface area contributed by atoms with Crippen molar-refractivity contribution in [3.8, 4) is 11.1 Å². The molecule has 7 nitrogen and oxygen atoms in total. The Kier molecular flexibility index (Phi) is 10.5. The van der Waals surface area contributed by atoms with Gasteiger partial charge in [0.15, 0.2) is 0 Å². The van der Waals surface area contributed by atoms with Crippen molar-refractivity contribution in [2.45, 2.75) is 51.1 Å². The van der Waals surface area contributed by atoms with Crippen LogP contribution in [0.5, 0.6) is 0 Å². The van der Waals surface area contributed by atoms with E-state index in [1.807, 2.05) is 78.9 Å². The highest BCUT2D eigenvalue weighted by Gasteiger charge is 2.39. The molecule has 0 bridgehead atoms. The zero-order chi connectivity index (χ0) is 36.0. The van der Waals surface area contributed by atoms with Gasteiger partial charge in [0.2, 0.25) is 11.8 Å². The van der Waals surface area contributed by atoms with E-state index in [1.165, 1.54) is 10.8 Å². The van der Waals surface area contributed by atoms with Crippen LogP contribution in [0.4, 0.5) is 17.1 Å². The zero-order valence-electron chi connectivity index (χ0n) is 29.5. The van der Waals surface area contributed by atoms with Crippen molar-refractivity contribution < 1.29 is 14.4 Å². The minimum Gasteiger partial charge on any atom is -0.369 e. The molecule has 3 N–H and O–H groups in total. The number of benzene rings is 5. The van der Waals surface area contributed by atoms with Crippen molar-refractivity contribution >= 4 is 45.6 Å². The number of para-hydroxylation sites is 3. The van der Waals surface area contributed by atoms with E-state index in [4.69, 9.17) is 5.73 Å². The molecule has 52 heavy (non-hydrogen) atoms. The molecule has 0 aromatic heterocycles. The quantitative estimate of drug-likeness (QED) is 0.128. The molecule has 7 heteroatoms. The third-order valence-corrected chi connectivity index (χ3v) is 10.8. The first-order chi connectivity index (χ1) is 25.4. The van der Waals surface area contributed by atoms with Gasteiger partial charge in [-0.1, -0.05) is 117 Å². The van der Waals surface area contributed by atoms with E-state index in [9.17, 15) is 14.4 Å². The number of nitrogens with one attached hydrogen (secondary N) is 1. The third kappa shape index (κ3) is 7.49. The topological polar surface area (TPSA) is 95.7 Å². The second-order valence-electron chi connectivity index (χ2n) is 14.2. The first-order valence-corrected chi connectivity index (χ1v) is 18.4. The first-order valence-electron chi connectivity index (χ1n) is 18.4. The number of carbonyl (C=O) groups is 3. The molecule has 3 unspecified atom stereocenters. The average molecular weight is 691 g/mol. The summed E-state index contributed by atoms with van der Waals surface area (Å²) in [5, 5.41) is 5.52. The highest BCUT2D eigenvalue weighted by atomic mass is 16.2. The van der Waals surface area contributed by atoms with Gasteiger partial charge in [-0.3, -0.25) is 14.4 Å². The van der Waals surface area contributed by atoms with Gasteiger partial charge in [0.1, 0.15) is 6.04 Å². The van der Waals surface area contributed by atoms with E-state index in [-0.39, 0.29) is 18.4 Å². The Hall–Kier alpha value is -5.69. The van der Waals surface area contributed by atoms with Gasteiger partial charge in [0, 0.05) is 5.69 Å². The summed E-state index contributed by atoms with van der Waals surface area (Å²) in [6, 6.07) is 40.0. The lowest BCUT2D eigenvalue weighted by atomic mass is 9.80. The number of carbonyl (C=O) groups excluding carboxylic acids is 3. The lowest BCUT2D eigenvalue weighted by Crippen LogP contribution is -2.54. The van der Waals surface area contributed by atoms with Gasteiger partial charge < -0.3 is 20.9 Å². The number of nitrogens with zero attached hydrogens (tertiary/aromatic N) is 2. The summed E-state index contributed by atoms with van der Waals surface area (Å²) < 4.78 is 0. The second kappa shape index (κ2) is 15.7. The summed E-state index contributed by atoms with van der Waals surface area (Å²) in [5.41, 5.74) is 11.6. The Bertz CT molecular complexity index is 2070. The smallest absolute Gasteiger partial charge is 0.251 e. The summed E-state index contributed by atoms with van der Waals surface area (Å²) in [6.07, 6.45) is 6.79. The number of primary amides is 1. The number of anilines is 3. The summed E-state index contributed by atoms with van der Waals surface area (Å²) in [6.45, 7) is 4.37. The lowest BCUT2D eigenvalue weighted by molar-refractivity contribution is -0.135. The Morgan fingerprint density at radius 1 is 0.788 bits per heavy atom. The first kappa shape index (κ1) is 34.7. The van der Waals surface area contributed by atoms with E-state index < -0.39 is 23.8 Å². The van der Waals surface area contributed by atoms with Crippen LogP contribution in [-0.2, 0) is 20.9 Å². The normalized spacial score (nSPS) is 17.3. The van der Waals surface area contributed by atoms with Crippen molar-refractivity contribution in [1.82, 2.24) is 5.32 Å². The van der Waals surface area contributed by atoms with Crippen LogP contribution in [0.1, 0.15) is 44.1 Å². The minimum atomic E-state index is -0.896. The fraction of sp³-hybridized carbons (Fsp3) is 0.267. The number of allylic oxidation sites excluding steroid dienone is 1. The summed E-state index contributed by atoms with van der Waals surface area (Å²) >= 11 is 0. The van der Waals surface area contributed by atoms with E-state index in [2.05, 4.69) is 59.3 Å². The molecule has 1 saturated carbocycles. The molecule has 2 aliphatic rings. The molecule has 3 atom stereocenters. The molecule has 264 valence electrons. The Morgan fingerprint density at radius 3 is 2.23 bits per heavy atom. The maximum Gasteiger partial charge on any atom is 0.251 e. The fourth-order valence-corrected chi connectivity index (χ4v) is 8.11. The SMILES string of the molecule is C=CCC(C(N)=O)C(CC1CCCC1)C(=O)NC1CN(c2ccccc2)c2ccccc2N(Cc2cccc(-c3ccc4ccccc4c3)c2)C1=O. The Morgan fingerprint density at radius 2 is 1.48 bits per heavy atom. The van der Waals surface area contributed by atoms with Crippen molar-refractivity contribution in [3.05, 3.63) is 140 Å². The molecule has 5 aromatic rings. The molecule has 1 aliphatic heterocycles. The van der Waals surface area contributed by atoms with Gasteiger partial charge in [0.25, 0.3) is 5.91 Å². The van der Waals surface area contributed by atoms with Crippen LogP contribution in [0.2, 0.25) is 0 Å². The van der Waals surface area contributed by atoms with E-state index in [0.717, 1.165) is 59.4 Å². The maximum absolute atomic E-state index is 14.9. The molecule has 0 radical (unpaired) electrons. The number of nitrogens with two attached hydrogens (primary N) is 1. The molecule has 1 aliphatic carbocycles. The van der Waals surface area contributed by atoms with Crippen LogP contribution in [-0.4, -0.2) is 30.3 Å². The zero-order valence-corrected chi connectivity index (χ0v) is 29.5. The van der Waals surface area contributed by atoms with Gasteiger partial charge in [-0.2, -0.15) is 0 Å². The monoisotopic (exact) mass is 690 g/mol. The Balaban J connectivity index is 1.25. The number of rotatable bonds is 12. The summed E-state index contributed by atoms with van der Waals surface area (Å²) in [5.74, 6) is -2.06. The van der Waals surface area contributed by atoms with Crippen LogP contribution in [0.3, 0.4) is 0 Å². The summed E-state index contributed by atoms with van der Waals surface area (Å²) in [4.78, 5) is 46.0. The van der Waals surface area contributed by atoms with Gasteiger partial charge in [-0.25, -0.2) is 0 Å². The van der Waals surface area contributed by atoms with Crippen LogP contribution < -0.4 is 20.9 Å². The second-order valence-corrected chi connectivity index (χ2v) is 14.2. The van der Waals surface area contributed by atoms with Crippen molar-refractivity contribution in [2.75, 3.05) is 16.3 Å². The molecule has 0 spiro atoms. The van der Waals surface area contributed by atoms with Crippen LogP contribution in [0.25, 0.3) is 21.9 Å². The van der Waals surface area contributed by atoms with E-state index in [0.29, 0.717) is 25.3 Å². The average Bonchev–Trinajstić information content (AvgIpc) is 3.67. The molecule has 1 fully saturated rings. The minimum absolute atomic E-state index is 0.214. The van der Waals surface area contributed by atoms with Crippen molar-refractivity contribution in [3.63, 3.8) is 0 Å². The predicted octanol–water partition coefficient (Wildman–Crippen LogP) is 8.55. The van der Waals surface area contributed by atoms with Crippen LogP contribution in [0, 0.1) is 17.8 Å². The number of hydrogen-bond acceptors (Lipinski definition) is 4. The lowest BCUT2D eigenvalue weighted by Gasteiger charge is -2.30. The summed E-state index contributed by atoms with van der Waals surface area (Å²) in [7, 11) is 0. The van der Waals surface area contributed by atoms with E-state index >= 15 is 0 Å². The van der Waals surface area contributed by atoms with Gasteiger partial charge in [0.05, 0.1) is 36.3 Å². The largest absolute Gasteiger partial charge is 0.369 e.